The molecule has 5 nitrogen and oxygen atoms in total. The van der Waals surface area contributed by atoms with Crippen molar-refractivity contribution in [2.75, 3.05) is 18.6 Å². The molecule has 0 aliphatic heterocycles. The second-order valence-electron chi connectivity index (χ2n) is 3.89. The van der Waals surface area contributed by atoms with Gasteiger partial charge in [-0.3, -0.25) is 0 Å². The van der Waals surface area contributed by atoms with Gasteiger partial charge in [0.15, 0.2) is 0 Å². The molecule has 0 saturated carbocycles. The Morgan fingerprint density at radius 3 is 2.61 bits per heavy atom. The van der Waals surface area contributed by atoms with Crippen molar-refractivity contribution in [2.24, 2.45) is 0 Å². The first-order chi connectivity index (χ1) is 8.29. The van der Waals surface area contributed by atoms with Gasteiger partial charge in [0, 0.05) is 17.8 Å². The van der Waals surface area contributed by atoms with Gasteiger partial charge in [-0.25, -0.2) is 12.8 Å². The van der Waals surface area contributed by atoms with Crippen LogP contribution in [0.15, 0.2) is 18.2 Å². The highest BCUT2D eigenvalue weighted by molar-refractivity contribution is 7.90. The maximum atomic E-state index is 13.0. The molecule has 0 saturated heterocycles. The topological polar surface area (TPSA) is 83.8 Å². The zero-order valence-corrected chi connectivity index (χ0v) is 10.7. The van der Waals surface area contributed by atoms with Gasteiger partial charge >= 0.3 is 7.12 Å². The van der Waals surface area contributed by atoms with E-state index >= 15 is 0 Å². The summed E-state index contributed by atoms with van der Waals surface area (Å²) in [6, 6.07) is 3.30. The zero-order valence-electron chi connectivity index (χ0n) is 9.84. The van der Waals surface area contributed by atoms with E-state index in [4.69, 9.17) is 14.8 Å². The maximum absolute atomic E-state index is 13.0. The van der Waals surface area contributed by atoms with Crippen molar-refractivity contribution >= 4 is 22.4 Å². The summed E-state index contributed by atoms with van der Waals surface area (Å²) in [6.45, 7) is 0.0518. The van der Waals surface area contributed by atoms with Crippen molar-refractivity contribution in [1.82, 2.24) is 0 Å². The van der Waals surface area contributed by atoms with E-state index in [2.05, 4.69) is 0 Å². The second-order valence-corrected chi connectivity index (χ2v) is 6.15. The van der Waals surface area contributed by atoms with Gasteiger partial charge in [0.05, 0.1) is 12.4 Å². The van der Waals surface area contributed by atoms with Crippen LogP contribution in [-0.2, 0) is 9.84 Å². The summed E-state index contributed by atoms with van der Waals surface area (Å²) in [5, 5.41) is 18.1. The van der Waals surface area contributed by atoms with Gasteiger partial charge in [-0.05, 0) is 12.5 Å². The Balaban J connectivity index is 2.63. The van der Waals surface area contributed by atoms with Gasteiger partial charge in [0.2, 0.25) is 0 Å². The third-order valence-corrected chi connectivity index (χ3v) is 3.20. The normalized spacial score (nSPS) is 11.3. The molecule has 1 aromatic rings. The quantitative estimate of drug-likeness (QED) is 0.531. The minimum absolute atomic E-state index is 0.00139. The average molecular weight is 276 g/mol. The van der Waals surface area contributed by atoms with Crippen molar-refractivity contribution in [1.29, 1.82) is 0 Å². The predicted octanol–water partition coefficient (Wildman–Crippen LogP) is -0.681. The molecule has 0 atom stereocenters. The monoisotopic (exact) mass is 276 g/mol. The lowest BCUT2D eigenvalue weighted by atomic mass is 9.79. The first kappa shape index (κ1) is 14.9. The molecule has 2 N–H and O–H groups in total. The Bertz CT molecular complexity index is 503. The predicted molar refractivity (Wildman–Crippen MR) is 66.0 cm³/mol. The van der Waals surface area contributed by atoms with Crippen LogP contribution in [0.25, 0.3) is 0 Å². The van der Waals surface area contributed by atoms with E-state index in [0.29, 0.717) is 0 Å². The number of benzene rings is 1. The lowest BCUT2D eigenvalue weighted by Crippen LogP contribution is -2.31. The number of sulfone groups is 1. The van der Waals surface area contributed by atoms with Crippen molar-refractivity contribution in [3.63, 3.8) is 0 Å². The van der Waals surface area contributed by atoms with Gasteiger partial charge < -0.3 is 14.8 Å². The molecule has 0 spiro atoms. The van der Waals surface area contributed by atoms with Gasteiger partial charge in [-0.1, -0.05) is 6.07 Å². The molecule has 18 heavy (non-hydrogen) atoms. The lowest BCUT2D eigenvalue weighted by molar-refractivity contribution is 0.316. The first-order valence-electron chi connectivity index (χ1n) is 5.26. The molecule has 0 radical (unpaired) electrons. The van der Waals surface area contributed by atoms with Crippen LogP contribution >= 0.6 is 0 Å². The van der Waals surface area contributed by atoms with E-state index in [1.165, 1.54) is 6.07 Å². The maximum Gasteiger partial charge on any atom is 0.492 e. The molecule has 0 fully saturated rings. The van der Waals surface area contributed by atoms with Crippen LogP contribution in [0.4, 0.5) is 4.39 Å². The molecule has 0 aliphatic rings. The highest BCUT2D eigenvalue weighted by atomic mass is 32.2. The molecule has 0 unspecified atom stereocenters. The number of halogens is 1. The summed E-state index contributed by atoms with van der Waals surface area (Å²) in [5.41, 5.74) is 0.0377. The fourth-order valence-corrected chi connectivity index (χ4v) is 1.99. The Hall–Kier alpha value is -1.12. The van der Waals surface area contributed by atoms with Gasteiger partial charge in [0.25, 0.3) is 0 Å². The van der Waals surface area contributed by atoms with Crippen LogP contribution in [0.5, 0.6) is 5.75 Å². The molecule has 0 heterocycles. The van der Waals surface area contributed by atoms with E-state index in [-0.39, 0.29) is 30.0 Å². The molecule has 1 aromatic carbocycles. The van der Waals surface area contributed by atoms with Crippen LogP contribution in [0.3, 0.4) is 0 Å². The molecule has 1 rings (SSSR count). The van der Waals surface area contributed by atoms with Crippen LogP contribution in [0.1, 0.15) is 6.42 Å². The summed E-state index contributed by atoms with van der Waals surface area (Å²) < 4.78 is 39.9. The minimum atomic E-state index is -3.07. The molecule has 0 bridgehead atoms. The number of hydrogen-bond acceptors (Lipinski definition) is 5. The summed E-state index contributed by atoms with van der Waals surface area (Å²) in [4.78, 5) is 0. The average Bonchev–Trinajstić information content (AvgIpc) is 2.22. The van der Waals surface area contributed by atoms with Crippen LogP contribution in [0, 0.1) is 5.82 Å². The van der Waals surface area contributed by atoms with E-state index < -0.39 is 22.8 Å². The van der Waals surface area contributed by atoms with E-state index in [1.54, 1.807) is 0 Å². The molecule has 0 amide bonds. The number of rotatable bonds is 6. The fourth-order valence-electron chi connectivity index (χ4n) is 1.35. The summed E-state index contributed by atoms with van der Waals surface area (Å²) in [7, 11) is -4.83. The van der Waals surface area contributed by atoms with Gasteiger partial charge in [-0.2, -0.15) is 0 Å². The van der Waals surface area contributed by atoms with Gasteiger partial charge in [0.1, 0.15) is 21.4 Å². The van der Waals surface area contributed by atoms with Crippen LogP contribution in [0.2, 0.25) is 0 Å². The van der Waals surface area contributed by atoms with Crippen LogP contribution < -0.4 is 10.2 Å². The standard InChI is InChI=1S/C10H14BFO5S/c1-18(15,16)6-2-5-17-10-7-8(12)3-4-9(10)11(13)14/h3-4,7,13-14H,2,5-6H2,1H3. The summed E-state index contributed by atoms with van der Waals surface area (Å²) in [5.74, 6) is -0.615. The van der Waals surface area contributed by atoms with E-state index in [0.717, 1.165) is 18.4 Å². The zero-order chi connectivity index (χ0) is 13.8. The Morgan fingerprint density at radius 1 is 1.39 bits per heavy atom. The highest BCUT2D eigenvalue weighted by Crippen LogP contribution is 2.11. The van der Waals surface area contributed by atoms with E-state index in [1.807, 2.05) is 0 Å². The van der Waals surface area contributed by atoms with Gasteiger partial charge in [-0.15, -0.1) is 0 Å². The van der Waals surface area contributed by atoms with E-state index in [9.17, 15) is 12.8 Å². The smallest absolute Gasteiger partial charge is 0.492 e. The summed E-state index contributed by atoms with van der Waals surface area (Å²) in [6.07, 6.45) is 1.36. The molecular weight excluding hydrogens is 262 g/mol. The van der Waals surface area contributed by atoms with Crippen molar-refractivity contribution < 1.29 is 27.6 Å². The highest BCUT2D eigenvalue weighted by Gasteiger charge is 2.17. The van der Waals surface area contributed by atoms with Crippen LogP contribution in [-0.4, -0.2) is 44.2 Å². The first-order valence-corrected chi connectivity index (χ1v) is 7.32. The largest absolute Gasteiger partial charge is 0.494 e. The second kappa shape index (κ2) is 6.17. The van der Waals surface area contributed by atoms with Crippen molar-refractivity contribution in [2.45, 2.75) is 6.42 Å². The Kier molecular flexibility index (Phi) is 5.12. The SMILES string of the molecule is CS(=O)(=O)CCCOc1cc(F)ccc1B(O)O. The van der Waals surface area contributed by atoms with Crippen molar-refractivity contribution in [3.8, 4) is 5.75 Å². The molecule has 0 aliphatic carbocycles. The fraction of sp³-hybridized carbons (Fsp3) is 0.400. The Labute approximate surface area is 105 Å². The third-order valence-electron chi connectivity index (χ3n) is 2.17. The minimum Gasteiger partial charge on any atom is -0.494 e. The lowest BCUT2D eigenvalue weighted by Gasteiger charge is -2.10. The molecular formula is C10H14BFO5S. The number of hydrogen-bond donors (Lipinski definition) is 2. The molecule has 8 heteroatoms. The van der Waals surface area contributed by atoms with Crippen molar-refractivity contribution in [3.05, 3.63) is 24.0 Å². The summed E-state index contributed by atoms with van der Waals surface area (Å²) >= 11 is 0. The molecule has 100 valence electrons. The Morgan fingerprint density at radius 2 is 2.06 bits per heavy atom. The molecule has 0 aromatic heterocycles. The number of ether oxygens (including phenoxy) is 1. The third kappa shape index (κ3) is 5.03.